The Kier molecular flexibility index (Phi) is 2.76. The fourth-order valence-corrected chi connectivity index (χ4v) is 1.38. The molecule has 0 bridgehead atoms. The number of anilines is 2. The quantitative estimate of drug-likeness (QED) is 0.822. The zero-order chi connectivity index (χ0) is 11.5. The third kappa shape index (κ3) is 2.31. The van der Waals surface area contributed by atoms with Gasteiger partial charge in [0.15, 0.2) is 5.76 Å². The first-order chi connectivity index (χ1) is 7.65. The summed E-state index contributed by atoms with van der Waals surface area (Å²) in [6, 6.07) is 5.58. The van der Waals surface area contributed by atoms with E-state index in [9.17, 15) is 0 Å². The van der Waals surface area contributed by atoms with Crippen LogP contribution in [0.15, 0.2) is 22.7 Å². The molecule has 2 aromatic heterocycles. The molecule has 3 N–H and O–H groups in total. The van der Waals surface area contributed by atoms with E-state index in [1.165, 1.54) is 0 Å². The van der Waals surface area contributed by atoms with Crippen LogP contribution in [0.25, 0.3) is 0 Å². The molecule has 0 aliphatic carbocycles. The van der Waals surface area contributed by atoms with Gasteiger partial charge in [0, 0.05) is 11.8 Å². The van der Waals surface area contributed by atoms with Crippen molar-refractivity contribution in [2.45, 2.75) is 20.4 Å². The average Bonchev–Trinajstić information content (AvgIpc) is 2.66. The molecular formula is C11H14N4O. The minimum absolute atomic E-state index is 0.529. The zero-order valence-corrected chi connectivity index (χ0v) is 9.32. The number of nitrogens with zero attached hydrogens (tertiary/aromatic N) is 2. The Morgan fingerprint density at radius 1 is 1.31 bits per heavy atom. The molecule has 0 aliphatic rings. The van der Waals surface area contributed by atoms with Gasteiger partial charge in [-0.25, -0.2) is 4.98 Å². The predicted molar refractivity (Wildman–Crippen MR) is 62.0 cm³/mol. The van der Waals surface area contributed by atoms with Gasteiger partial charge in [-0.3, -0.25) is 0 Å². The SMILES string of the molecule is Cc1cc(CNc2nc(C)ccc2N)on1. The predicted octanol–water partition coefficient (Wildman–Crippen LogP) is 1.88. The Bertz CT molecular complexity index is 492. The van der Waals surface area contributed by atoms with E-state index >= 15 is 0 Å². The molecule has 0 fully saturated rings. The molecule has 2 aromatic rings. The molecule has 0 aromatic carbocycles. The van der Waals surface area contributed by atoms with Crippen molar-refractivity contribution < 1.29 is 4.52 Å². The van der Waals surface area contributed by atoms with Gasteiger partial charge in [-0.05, 0) is 26.0 Å². The third-order valence-electron chi connectivity index (χ3n) is 2.17. The molecule has 0 spiro atoms. The van der Waals surface area contributed by atoms with Crippen molar-refractivity contribution >= 4 is 11.5 Å². The summed E-state index contributed by atoms with van der Waals surface area (Å²) in [5.74, 6) is 1.44. The number of aromatic nitrogens is 2. The van der Waals surface area contributed by atoms with E-state index in [4.69, 9.17) is 10.3 Å². The highest BCUT2D eigenvalue weighted by Gasteiger charge is 2.03. The van der Waals surface area contributed by atoms with E-state index in [0.29, 0.717) is 18.1 Å². The van der Waals surface area contributed by atoms with Gasteiger partial charge in [0.2, 0.25) is 0 Å². The Hall–Kier alpha value is -2.04. The Morgan fingerprint density at radius 3 is 2.81 bits per heavy atom. The van der Waals surface area contributed by atoms with Crippen LogP contribution >= 0.6 is 0 Å². The molecule has 0 amide bonds. The first-order valence-corrected chi connectivity index (χ1v) is 5.04. The molecule has 84 valence electrons. The number of pyridine rings is 1. The second kappa shape index (κ2) is 4.22. The lowest BCUT2D eigenvalue weighted by atomic mass is 10.3. The van der Waals surface area contributed by atoms with Gasteiger partial charge >= 0.3 is 0 Å². The molecule has 0 atom stereocenters. The van der Waals surface area contributed by atoms with Gasteiger partial charge in [-0.1, -0.05) is 5.16 Å². The molecule has 0 saturated carbocycles. The van der Waals surface area contributed by atoms with Crippen LogP contribution in [0.2, 0.25) is 0 Å². The maximum atomic E-state index is 5.79. The van der Waals surface area contributed by atoms with Crippen LogP contribution in [0.1, 0.15) is 17.1 Å². The lowest BCUT2D eigenvalue weighted by molar-refractivity contribution is 0.384. The van der Waals surface area contributed by atoms with Crippen LogP contribution in [0, 0.1) is 13.8 Å². The molecule has 2 heterocycles. The Morgan fingerprint density at radius 2 is 2.12 bits per heavy atom. The van der Waals surface area contributed by atoms with Crippen LogP contribution in [-0.4, -0.2) is 10.1 Å². The zero-order valence-electron chi connectivity index (χ0n) is 9.32. The molecule has 0 aliphatic heterocycles. The van der Waals surface area contributed by atoms with Crippen LogP contribution in [0.3, 0.4) is 0 Å². The van der Waals surface area contributed by atoms with E-state index in [1.807, 2.05) is 32.0 Å². The summed E-state index contributed by atoms with van der Waals surface area (Å²) in [4.78, 5) is 4.30. The van der Waals surface area contributed by atoms with Gasteiger partial charge in [0.05, 0.1) is 17.9 Å². The third-order valence-corrected chi connectivity index (χ3v) is 2.17. The van der Waals surface area contributed by atoms with E-state index in [1.54, 1.807) is 0 Å². The average molecular weight is 218 g/mol. The molecule has 0 radical (unpaired) electrons. The highest BCUT2D eigenvalue weighted by Crippen LogP contribution is 2.16. The highest BCUT2D eigenvalue weighted by molar-refractivity contribution is 5.61. The van der Waals surface area contributed by atoms with Crippen LogP contribution in [0.4, 0.5) is 11.5 Å². The molecule has 5 nitrogen and oxygen atoms in total. The van der Waals surface area contributed by atoms with Gasteiger partial charge in [0.25, 0.3) is 0 Å². The Labute approximate surface area is 93.7 Å². The van der Waals surface area contributed by atoms with Crippen molar-refractivity contribution in [3.8, 4) is 0 Å². The summed E-state index contributed by atoms with van der Waals surface area (Å²) in [5, 5.41) is 6.92. The normalized spacial score (nSPS) is 10.4. The monoisotopic (exact) mass is 218 g/mol. The lowest BCUT2D eigenvalue weighted by Gasteiger charge is -2.06. The van der Waals surface area contributed by atoms with Gasteiger partial charge in [-0.2, -0.15) is 0 Å². The van der Waals surface area contributed by atoms with Crippen LogP contribution in [-0.2, 0) is 6.54 Å². The molecule has 16 heavy (non-hydrogen) atoms. The summed E-state index contributed by atoms with van der Waals surface area (Å²) in [6.07, 6.45) is 0. The van der Waals surface area contributed by atoms with Crippen molar-refractivity contribution in [2.24, 2.45) is 0 Å². The van der Waals surface area contributed by atoms with Crippen molar-refractivity contribution in [3.63, 3.8) is 0 Å². The first kappa shape index (κ1) is 10.5. The van der Waals surface area contributed by atoms with Gasteiger partial charge < -0.3 is 15.6 Å². The number of nitrogens with two attached hydrogens (primary N) is 1. The second-order valence-corrected chi connectivity index (χ2v) is 3.68. The van der Waals surface area contributed by atoms with E-state index in [-0.39, 0.29) is 0 Å². The highest BCUT2D eigenvalue weighted by atomic mass is 16.5. The molecule has 2 rings (SSSR count). The largest absolute Gasteiger partial charge is 0.396 e. The molecule has 0 saturated heterocycles. The summed E-state index contributed by atoms with van der Waals surface area (Å²) in [7, 11) is 0. The van der Waals surface area contributed by atoms with Crippen molar-refractivity contribution in [1.82, 2.24) is 10.1 Å². The summed E-state index contributed by atoms with van der Waals surface area (Å²) < 4.78 is 5.08. The van der Waals surface area contributed by atoms with E-state index < -0.39 is 0 Å². The van der Waals surface area contributed by atoms with Gasteiger partial charge in [-0.15, -0.1) is 0 Å². The smallest absolute Gasteiger partial charge is 0.156 e. The fourth-order valence-electron chi connectivity index (χ4n) is 1.38. The number of hydrogen-bond donors (Lipinski definition) is 2. The van der Waals surface area contributed by atoms with E-state index in [0.717, 1.165) is 17.1 Å². The first-order valence-electron chi connectivity index (χ1n) is 5.04. The van der Waals surface area contributed by atoms with Crippen molar-refractivity contribution in [3.05, 3.63) is 35.3 Å². The number of aryl methyl sites for hydroxylation is 2. The standard InChI is InChI=1S/C11H14N4O/c1-7-3-4-10(12)11(14-7)13-6-9-5-8(2)15-16-9/h3-5H,6,12H2,1-2H3,(H,13,14). The molecular weight excluding hydrogens is 204 g/mol. The number of rotatable bonds is 3. The number of nitrogen functional groups attached to an aromatic ring is 1. The van der Waals surface area contributed by atoms with Crippen molar-refractivity contribution in [2.75, 3.05) is 11.1 Å². The minimum Gasteiger partial charge on any atom is -0.396 e. The molecule has 5 heteroatoms. The van der Waals surface area contributed by atoms with Gasteiger partial charge in [0.1, 0.15) is 5.82 Å². The minimum atomic E-state index is 0.529. The van der Waals surface area contributed by atoms with Crippen molar-refractivity contribution in [1.29, 1.82) is 0 Å². The summed E-state index contributed by atoms with van der Waals surface area (Å²) >= 11 is 0. The Balaban J connectivity index is 2.07. The topological polar surface area (TPSA) is 77.0 Å². The fraction of sp³-hybridized carbons (Fsp3) is 0.273. The number of nitrogens with one attached hydrogen (secondary N) is 1. The summed E-state index contributed by atoms with van der Waals surface area (Å²) in [6.45, 7) is 4.33. The molecule has 0 unspecified atom stereocenters. The summed E-state index contributed by atoms with van der Waals surface area (Å²) in [5.41, 5.74) is 8.20. The van der Waals surface area contributed by atoms with E-state index in [2.05, 4.69) is 15.5 Å². The maximum Gasteiger partial charge on any atom is 0.156 e. The van der Waals surface area contributed by atoms with Crippen LogP contribution in [0.5, 0.6) is 0 Å². The lowest BCUT2D eigenvalue weighted by Crippen LogP contribution is -2.04. The number of hydrogen-bond acceptors (Lipinski definition) is 5. The second-order valence-electron chi connectivity index (χ2n) is 3.68. The maximum absolute atomic E-state index is 5.79. The van der Waals surface area contributed by atoms with Crippen LogP contribution < -0.4 is 11.1 Å².